The van der Waals surface area contributed by atoms with Gasteiger partial charge in [-0.2, -0.15) is 8.42 Å². The van der Waals surface area contributed by atoms with E-state index in [1.807, 2.05) is 19.1 Å². The summed E-state index contributed by atoms with van der Waals surface area (Å²) in [5.41, 5.74) is 10.5. The Bertz CT molecular complexity index is 1980. The summed E-state index contributed by atoms with van der Waals surface area (Å²) in [5.74, 6) is -3.36. The van der Waals surface area contributed by atoms with Crippen LogP contribution in [-0.2, 0) is 29.6 Å². The Morgan fingerprint density at radius 1 is 0.780 bits per heavy atom. The number of piperidine rings is 1. The molecule has 2 fully saturated rings. The fourth-order valence-electron chi connectivity index (χ4n) is 7.38. The zero-order valence-corrected chi connectivity index (χ0v) is 28.3. The average Bonchev–Trinajstić information content (AvgIpc) is 3.44. The van der Waals surface area contributed by atoms with E-state index in [-0.39, 0.29) is 47.2 Å². The lowest BCUT2D eigenvalue weighted by atomic mass is 9.82. The summed E-state index contributed by atoms with van der Waals surface area (Å²) in [7, 11) is -4.02. The van der Waals surface area contributed by atoms with Crippen LogP contribution in [0.25, 0.3) is 0 Å². The first-order chi connectivity index (χ1) is 23.8. The molecule has 3 N–H and O–H groups in total. The van der Waals surface area contributed by atoms with Gasteiger partial charge in [-0.1, -0.05) is 54.1 Å². The van der Waals surface area contributed by atoms with E-state index in [0.29, 0.717) is 29.3 Å². The molecule has 0 radical (unpaired) electrons. The maximum Gasteiger partial charge on any atom is 0.294 e. The molecule has 0 aliphatic carbocycles. The van der Waals surface area contributed by atoms with Crippen LogP contribution in [0.5, 0.6) is 0 Å². The number of hydrogen-bond donors (Lipinski definition) is 2. The zero-order valence-electron chi connectivity index (χ0n) is 27.4. The Kier molecular flexibility index (Phi) is 10.3. The second-order valence-electron chi connectivity index (χ2n) is 13.4. The Hall–Kier alpha value is -4.36. The molecular weight excluding hydrogens is 667 g/mol. The molecule has 7 rings (SSSR count). The molecule has 3 aliphatic heterocycles. The van der Waals surface area contributed by atoms with Gasteiger partial charge >= 0.3 is 0 Å². The predicted molar refractivity (Wildman–Crippen MR) is 181 cm³/mol. The third-order valence-corrected chi connectivity index (χ3v) is 10.8. The summed E-state index contributed by atoms with van der Waals surface area (Å²) in [4.78, 5) is 29.3. The van der Waals surface area contributed by atoms with Crippen molar-refractivity contribution in [2.24, 2.45) is 11.7 Å². The summed E-state index contributed by atoms with van der Waals surface area (Å²) in [6.45, 7) is 2.82. The lowest BCUT2D eigenvalue weighted by Gasteiger charge is -2.41. The lowest BCUT2D eigenvalue weighted by molar-refractivity contribution is 0.0642. The van der Waals surface area contributed by atoms with E-state index in [1.165, 1.54) is 17.0 Å². The van der Waals surface area contributed by atoms with E-state index >= 15 is 0 Å². The summed E-state index contributed by atoms with van der Waals surface area (Å²) >= 11 is 0. The quantitative estimate of drug-likeness (QED) is 0.123. The Labute approximate surface area is 289 Å². The average molecular weight is 706 g/mol. The van der Waals surface area contributed by atoms with Gasteiger partial charge in [0.15, 0.2) is 11.6 Å². The number of fused-ring (bicyclic) bond motifs is 3. The van der Waals surface area contributed by atoms with E-state index in [1.54, 1.807) is 36.4 Å². The van der Waals surface area contributed by atoms with Gasteiger partial charge < -0.3 is 5.73 Å². The maximum absolute atomic E-state index is 14.2. The van der Waals surface area contributed by atoms with Crippen molar-refractivity contribution in [2.45, 2.75) is 75.1 Å². The van der Waals surface area contributed by atoms with Gasteiger partial charge in [0, 0.05) is 30.7 Å². The molecule has 8 nitrogen and oxygen atoms in total. The lowest BCUT2D eigenvalue weighted by Crippen LogP contribution is -2.47. The second kappa shape index (κ2) is 14.5. The normalized spacial score (nSPS) is 20.8. The molecule has 4 aromatic carbocycles. The third kappa shape index (κ3) is 7.68. The van der Waals surface area contributed by atoms with Crippen molar-refractivity contribution < 1.29 is 35.7 Å². The number of amides is 2. The minimum atomic E-state index is -4.02. The van der Waals surface area contributed by atoms with Crippen molar-refractivity contribution in [3.8, 4) is 0 Å². The predicted octanol–water partition coefficient (Wildman–Crippen LogP) is 6.45. The molecular formula is C38H38F3N3O5S. The summed E-state index contributed by atoms with van der Waals surface area (Å²) in [6, 6.07) is 22.8. The number of carbonyl (C=O) groups is 2. The molecule has 262 valence electrons. The van der Waals surface area contributed by atoms with Crippen LogP contribution in [0.15, 0.2) is 89.8 Å². The first-order valence-electron chi connectivity index (χ1n) is 16.5. The number of nitrogens with two attached hydrogens (primary N) is 1. The van der Waals surface area contributed by atoms with Crippen LogP contribution < -0.4 is 5.73 Å². The standard InChI is InChI=1S/C31H30F3N3O2.C7H8O3S/c32-26-15-28(34)27(33)13-20(26)14-29(35)21-11-22-8-9-23(12-21)36(22)16-18-4-3-5-19(10-18)17-37-30(38)24-6-1-2-7-25(24)31(37)39;1-6-2-4-7(5-3-6)11(8,9)10/h1-7,10,13,15,21-23,29H,8-9,11-12,14,16-17,35H2;2-5H,1H3,(H,8,9,10)/t21-,22-,23+,29-;/m1./s1. The molecule has 4 aromatic rings. The number of aryl methyl sites for hydroxylation is 1. The van der Waals surface area contributed by atoms with Crippen LogP contribution in [-0.4, -0.2) is 52.7 Å². The van der Waals surface area contributed by atoms with E-state index in [4.69, 9.17) is 10.3 Å². The molecule has 4 atom stereocenters. The number of rotatable bonds is 8. The van der Waals surface area contributed by atoms with Crippen LogP contribution >= 0.6 is 0 Å². The second-order valence-corrected chi connectivity index (χ2v) is 14.8. The molecule has 3 aliphatic rings. The van der Waals surface area contributed by atoms with Gasteiger partial charge in [0.2, 0.25) is 0 Å². The maximum atomic E-state index is 14.2. The molecule has 2 bridgehead atoms. The highest BCUT2D eigenvalue weighted by Gasteiger charge is 2.42. The van der Waals surface area contributed by atoms with Gasteiger partial charge in [0.25, 0.3) is 21.9 Å². The first kappa shape index (κ1) is 35.5. The SMILES string of the molecule is Cc1ccc(S(=O)(=O)O)cc1.N[C@H](Cc1cc(F)c(F)cc1F)[C@@H]1C[C@H]2CC[C@@H](C1)N2Cc1cccc(CN2C(=O)c3ccccc3C2=O)c1. The number of carbonyl (C=O) groups excluding carboxylic acids is 2. The van der Waals surface area contributed by atoms with Crippen molar-refractivity contribution in [3.05, 3.63) is 136 Å². The fourth-order valence-corrected chi connectivity index (χ4v) is 7.86. The topological polar surface area (TPSA) is 121 Å². The van der Waals surface area contributed by atoms with Gasteiger partial charge in [-0.25, -0.2) is 13.2 Å². The molecule has 12 heteroatoms. The van der Waals surface area contributed by atoms with Crippen LogP contribution in [0.2, 0.25) is 0 Å². The summed E-state index contributed by atoms with van der Waals surface area (Å²) in [6.07, 6.45) is 4.03. The molecule has 0 spiro atoms. The van der Waals surface area contributed by atoms with Gasteiger partial charge in [0.05, 0.1) is 22.6 Å². The summed E-state index contributed by atoms with van der Waals surface area (Å²) in [5, 5.41) is 0. The number of halogens is 3. The molecule has 3 heterocycles. The van der Waals surface area contributed by atoms with Crippen LogP contribution in [0, 0.1) is 30.3 Å². The molecule has 2 saturated heterocycles. The molecule has 0 aromatic heterocycles. The largest absolute Gasteiger partial charge is 0.327 e. The highest BCUT2D eigenvalue weighted by molar-refractivity contribution is 7.85. The van der Waals surface area contributed by atoms with Gasteiger partial charge in [0.1, 0.15) is 5.82 Å². The number of nitrogens with zero attached hydrogens (tertiary/aromatic N) is 2. The van der Waals surface area contributed by atoms with E-state index in [0.717, 1.165) is 55.0 Å². The number of hydrogen-bond acceptors (Lipinski definition) is 6. The van der Waals surface area contributed by atoms with Crippen molar-refractivity contribution in [1.29, 1.82) is 0 Å². The van der Waals surface area contributed by atoms with E-state index in [2.05, 4.69) is 17.0 Å². The fraction of sp³-hybridized carbons (Fsp3) is 0.316. The Morgan fingerprint density at radius 2 is 1.34 bits per heavy atom. The van der Waals surface area contributed by atoms with Crippen molar-refractivity contribution in [3.63, 3.8) is 0 Å². The monoisotopic (exact) mass is 705 g/mol. The molecule has 0 unspecified atom stereocenters. The Morgan fingerprint density at radius 3 is 1.92 bits per heavy atom. The Balaban J connectivity index is 0.000000336. The van der Waals surface area contributed by atoms with Crippen molar-refractivity contribution >= 4 is 21.9 Å². The van der Waals surface area contributed by atoms with Crippen LogP contribution in [0.3, 0.4) is 0 Å². The van der Waals surface area contributed by atoms with Gasteiger partial charge in [-0.3, -0.25) is 23.9 Å². The smallest absolute Gasteiger partial charge is 0.294 e. The first-order valence-corrected chi connectivity index (χ1v) is 17.9. The number of benzene rings is 4. The third-order valence-electron chi connectivity index (χ3n) is 9.97. The van der Waals surface area contributed by atoms with Crippen LogP contribution in [0.4, 0.5) is 13.2 Å². The number of imide groups is 1. The molecule has 50 heavy (non-hydrogen) atoms. The molecule has 0 saturated carbocycles. The van der Waals surface area contributed by atoms with Crippen LogP contribution in [0.1, 0.15) is 68.7 Å². The van der Waals surface area contributed by atoms with E-state index in [9.17, 15) is 31.2 Å². The minimum Gasteiger partial charge on any atom is -0.327 e. The van der Waals surface area contributed by atoms with Gasteiger partial charge in [-0.05, 0) is 92.0 Å². The highest BCUT2D eigenvalue weighted by atomic mass is 32.2. The van der Waals surface area contributed by atoms with Gasteiger partial charge in [-0.15, -0.1) is 0 Å². The highest BCUT2D eigenvalue weighted by Crippen LogP contribution is 2.41. The summed E-state index contributed by atoms with van der Waals surface area (Å²) < 4.78 is 70.7. The van der Waals surface area contributed by atoms with Crippen molar-refractivity contribution in [1.82, 2.24) is 9.80 Å². The minimum absolute atomic E-state index is 0.0666. The zero-order chi connectivity index (χ0) is 35.7. The molecule has 2 amide bonds. The van der Waals surface area contributed by atoms with E-state index < -0.39 is 27.6 Å². The van der Waals surface area contributed by atoms with Crippen molar-refractivity contribution in [2.75, 3.05) is 0 Å².